The molecule has 0 fully saturated rings. The first-order valence-corrected chi connectivity index (χ1v) is 12.9. The van der Waals surface area contributed by atoms with Gasteiger partial charge in [0.2, 0.25) is 0 Å². The predicted molar refractivity (Wildman–Crippen MR) is 170 cm³/mol. The van der Waals surface area contributed by atoms with Gasteiger partial charge in [0, 0.05) is 30.1 Å². The molecule has 3 heterocycles. The molecule has 1 N–H and O–H groups in total. The molecule has 10 nitrogen and oxygen atoms in total. The molecule has 0 aliphatic heterocycles. The van der Waals surface area contributed by atoms with Gasteiger partial charge in [0.25, 0.3) is 0 Å². The molecule has 5 aromatic rings. The maximum absolute atomic E-state index is 12.0. The summed E-state index contributed by atoms with van der Waals surface area (Å²) in [6.45, 7) is 10.3. The van der Waals surface area contributed by atoms with E-state index in [4.69, 9.17) is 9.47 Å². The number of allylic oxidation sites excluding steroid dienone is 1. The van der Waals surface area contributed by atoms with Crippen LogP contribution in [0.3, 0.4) is 0 Å². The summed E-state index contributed by atoms with van der Waals surface area (Å²) in [7, 11) is 1.96. The van der Waals surface area contributed by atoms with Crippen LogP contribution in [0.1, 0.15) is 5.56 Å². The number of hydrogen-bond donors (Lipinski definition) is 1. The third-order valence-electron chi connectivity index (χ3n) is 6.31. The molecule has 1 amide bonds. The Bertz CT molecular complexity index is 1730. The zero-order chi connectivity index (χ0) is 28.8. The van der Waals surface area contributed by atoms with Gasteiger partial charge < -0.3 is 51.0 Å². The topological polar surface area (TPSA) is 107 Å². The SMILES string of the molecule is [CH2-]/C=C/C(=O)N(C[CH2-])C[CH-]COc1[c-]nc2c(Nc3ccc(Oc4ccc5c(c4)ncn5C)c(C)c3)ncnc2c1.[CH3-].[CH3-].[Li+].[Li+]. The van der Waals surface area contributed by atoms with E-state index < -0.39 is 0 Å². The van der Waals surface area contributed by atoms with Crippen molar-refractivity contribution < 1.29 is 52.0 Å². The van der Waals surface area contributed by atoms with E-state index in [-0.39, 0.29) is 65.1 Å². The Morgan fingerprint density at radius 3 is 2.64 bits per heavy atom. The number of aryl methyl sites for hydroxylation is 2. The number of carbonyl (C=O) groups excluding carboxylic acids is 1. The molecule has 0 bridgehead atoms. The number of ether oxygens (including phenoxy) is 2. The smallest absolute Gasteiger partial charge is 0.549 e. The van der Waals surface area contributed by atoms with E-state index in [2.05, 4.69) is 45.3 Å². The Kier molecular flexibility index (Phi) is 15.8. The number of anilines is 2. The van der Waals surface area contributed by atoms with Gasteiger partial charge in [0.1, 0.15) is 23.6 Å². The second kappa shape index (κ2) is 18.1. The summed E-state index contributed by atoms with van der Waals surface area (Å²) >= 11 is 0. The van der Waals surface area contributed by atoms with Crippen LogP contribution in [0.25, 0.3) is 22.1 Å². The van der Waals surface area contributed by atoms with Crippen LogP contribution in [0, 0.1) is 48.2 Å². The van der Waals surface area contributed by atoms with Crippen molar-refractivity contribution in [1.29, 1.82) is 0 Å². The second-order valence-electron chi connectivity index (χ2n) is 9.19. The van der Waals surface area contributed by atoms with Crippen molar-refractivity contribution >= 4 is 39.5 Å². The van der Waals surface area contributed by atoms with Crippen LogP contribution in [0.4, 0.5) is 11.5 Å². The molecule has 45 heavy (non-hydrogen) atoms. The van der Waals surface area contributed by atoms with Crippen LogP contribution in [-0.4, -0.2) is 55.0 Å². The van der Waals surface area contributed by atoms with Gasteiger partial charge in [-0.1, -0.05) is 0 Å². The Balaban J connectivity index is 0.00000253. The fraction of sp³-hybridized carbons (Fsp3) is 0.152. The average Bonchev–Trinajstić information content (AvgIpc) is 3.34. The molecule has 0 aliphatic carbocycles. The summed E-state index contributed by atoms with van der Waals surface area (Å²) in [6, 6.07) is 13.4. The average molecular weight is 592 g/mol. The monoisotopic (exact) mass is 591 g/mol. The van der Waals surface area contributed by atoms with E-state index in [9.17, 15) is 4.79 Å². The molecule has 0 unspecified atom stereocenters. The summed E-state index contributed by atoms with van der Waals surface area (Å²) in [5.41, 5.74) is 4.85. The molecule has 2 aromatic carbocycles. The van der Waals surface area contributed by atoms with Crippen molar-refractivity contribution in [2.75, 3.05) is 25.0 Å². The van der Waals surface area contributed by atoms with Crippen LogP contribution in [0.5, 0.6) is 17.2 Å². The maximum Gasteiger partial charge on any atom is 1.00 e. The van der Waals surface area contributed by atoms with E-state index >= 15 is 0 Å². The van der Waals surface area contributed by atoms with Crippen LogP contribution in [0.15, 0.2) is 67.3 Å². The largest absolute Gasteiger partial charge is 1.00 e. The van der Waals surface area contributed by atoms with Gasteiger partial charge in [-0.05, 0) is 61.1 Å². The number of carbonyl (C=O) groups is 1. The van der Waals surface area contributed by atoms with E-state index in [0.29, 0.717) is 35.7 Å². The molecule has 3 aromatic heterocycles. The van der Waals surface area contributed by atoms with Crippen LogP contribution >= 0.6 is 0 Å². The van der Waals surface area contributed by atoms with Gasteiger partial charge in [0.15, 0.2) is 5.91 Å². The molecule has 226 valence electrons. The van der Waals surface area contributed by atoms with Crippen LogP contribution in [-0.2, 0) is 11.8 Å². The second-order valence-corrected chi connectivity index (χ2v) is 9.19. The van der Waals surface area contributed by atoms with Gasteiger partial charge in [-0.15, -0.1) is 25.2 Å². The first-order valence-electron chi connectivity index (χ1n) is 12.9. The quantitative estimate of drug-likeness (QED) is 0.0999. The standard InChI is InChI=1S/C31H29N7O3.2CH3.2Li/c1-5-8-29(39)38(6-2)13-7-14-40-24-17-26-30(32-18-24)31(34-19-33-26)36-22-9-12-28(21(3)15-22)41-23-10-11-27-25(16-23)35-20-37(27)4;;;;/h5,7-12,15-17,19-20H,1-2,6,13-14H2,3-4H3,(H,33,34,36);2*1H3;;/q-4;2*-1;2*+1/b8-5+;;;;. The summed E-state index contributed by atoms with van der Waals surface area (Å²) in [4.78, 5) is 31.0. The fourth-order valence-corrected chi connectivity index (χ4v) is 4.18. The minimum absolute atomic E-state index is 0. The number of pyridine rings is 1. The van der Waals surface area contributed by atoms with E-state index in [1.165, 1.54) is 18.5 Å². The number of benzene rings is 2. The fourth-order valence-electron chi connectivity index (χ4n) is 4.18. The molecular weight excluding hydrogens is 556 g/mol. The van der Waals surface area contributed by atoms with E-state index in [1.54, 1.807) is 17.3 Å². The Morgan fingerprint density at radius 2 is 1.91 bits per heavy atom. The Labute approximate surface area is 290 Å². The van der Waals surface area contributed by atoms with Gasteiger partial charge >= 0.3 is 37.7 Å². The Hall–Kier alpha value is -3.93. The molecule has 0 spiro atoms. The van der Waals surface area contributed by atoms with Gasteiger partial charge in [-0.3, -0.25) is 16.2 Å². The van der Waals surface area contributed by atoms with Crippen molar-refractivity contribution in [2.24, 2.45) is 7.05 Å². The molecule has 0 aliphatic rings. The summed E-state index contributed by atoms with van der Waals surface area (Å²) in [5, 5.41) is 3.32. The number of nitrogens with one attached hydrogen (secondary N) is 1. The van der Waals surface area contributed by atoms with E-state index in [1.807, 2.05) is 61.4 Å². The number of hydrogen-bond acceptors (Lipinski definition) is 8. The van der Waals surface area contributed by atoms with Gasteiger partial charge in [-0.2, -0.15) is 0 Å². The molecule has 0 atom stereocenters. The van der Waals surface area contributed by atoms with Crippen LogP contribution < -0.4 is 52.5 Å². The normalized spacial score (nSPS) is 10.3. The minimum atomic E-state index is -0.151. The predicted octanol–water partition coefficient (Wildman–Crippen LogP) is 0.101. The number of rotatable bonds is 11. The van der Waals surface area contributed by atoms with Crippen molar-refractivity contribution in [1.82, 2.24) is 29.4 Å². The van der Waals surface area contributed by atoms with Crippen molar-refractivity contribution in [3.8, 4) is 17.2 Å². The summed E-state index contributed by atoms with van der Waals surface area (Å²) in [5.74, 6) is 2.29. The summed E-state index contributed by atoms with van der Waals surface area (Å²) in [6.07, 6.45) is 10.8. The van der Waals surface area contributed by atoms with Crippen LogP contribution in [0.2, 0.25) is 0 Å². The molecule has 5 rings (SSSR count). The third kappa shape index (κ3) is 9.53. The molecule has 0 radical (unpaired) electrons. The van der Waals surface area contributed by atoms with Crippen molar-refractivity contribution in [2.45, 2.75) is 6.92 Å². The molecule has 0 saturated carbocycles. The molecular formula is C33H35Li2N7O3-4. The zero-order valence-electron chi connectivity index (χ0n) is 26.9. The number of imidazole rings is 1. The number of fused-ring (bicyclic) bond motifs is 2. The first kappa shape index (κ1) is 39.1. The first-order chi connectivity index (χ1) is 19.9. The summed E-state index contributed by atoms with van der Waals surface area (Å²) < 4.78 is 13.8. The molecule has 12 heteroatoms. The number of nitrogens with zero attached hydrogens (tertiary/aromatic N) is 6. The number of amides is 1. The number of aromatic nitrogens is 5. The Morgan fingerprint density at radius 1 is 1.11 bits per heavy atom. The third-order valence-corrected chi connectivity index (χ3v) is 6.31. The minimum Gasteiger partial charge on any atom is -0.549 e. The van der Waals surface area contributed by atoms with Crippen molar-refractivity contribution in [3.05, 3.63) is 114 Å². The van der Waals surface area contributed by atoms with E-state index in [0.717, 1.165) is 33.8 Å². The maximum atomic E-state index is 12.0. The zero-order valence-corrected chi connectivity index (χ0v) is 26.9. The van der Waals surface area contributed by atoms with Gasteiger partial charge in [-0.25, -0.2) is 23.0 Å². The van der Waals surface area contributed by atoms with Crippen molar-refractivity contribution in [3.63, 3.8) is 0 Å². The van der Waals surface area contributed by atoms with Gasteiger partial charge in [0.05, 0.1) is 17.4 Å². The molecule has 0 saturated heterocycles.